The van der Waals surface area contributed by atoms with Crippen LogP contribution >= 0.6 is 11.8 Å². The first-order valence-electron chi connectivity index (χ1n) is 6.54. The zero-order valence-corrected chi connectivity index (χ0v) is 11.8. The van der Waals surface area contributed by atoms with Crippen LogP contribution in [0, 0.1) is 0 Å². The number of rotatable bonds is 5. The molecule has 1 saturated heterocycles. The number of alkyl halides is 2. The van der Waals surface area contributed by atoms with Gasteiger partial charge >= 0.3 is 6.61 Å². The SMILES string of the molecule is CC1SCCCC1NCc1ccccc1OC(F)F. The summed E-state index contributed by atoms with van der Waals surface area (Å²) in [6.45, 7) is 0.00642. The van der Waals surface area contributed by atoms with Crippen LogP contribution in [0.15, 0.2) is 24.3 Å². The summed E-state index contributed by atoms with van der Waals surface area (Å²) in [5.41, 5.74) is 0.783. The first kappa shape index (κ1) is 14.6. The van der Waals surface area contributed by atoms with Crippen LogP contribution in [0.5, 0.6) is 5.75 Å². The van der Waals surface area contributed by atoms with Crippen LogP contribution < -0.4 is 10.1 Å². The van der Waals surface area contributed by atoms with Crippen molar-refractivity contribution < 1.29 is 13.5 Å². The highest BCUT2D eigenvalue weighted by Gasteiger charge is 2.21. The Morgan fingerprint density at radius 2 is 2.21 bits per heavy atom. The largest absolute Gasteiger partial charge is 0.434 e. The van der Waals surface area contributed by atoms with Gasteiger partial charge in [0.05, 0.1) is 0 Å². The van der Waals surface area contributed by atoms with Gasteiger partial charge in [-0.15, -0.1) is 0 Å². The zero-order chi connectivity index (χ0) is 13.7. The smallest absolute Gasteiger partial charge is 0.387 e. The van der Waals surface area contributed by atoms with Crippen LogP contribution in [0.2, 0.25) is 0 Å². The summed E-state index contributed by atoms with van der Waals surface area (Å²) in [6.07, 6.45) is 2.36. The van der Waals surface area contributed by atoms with E-state index in [9.17, 15) is 8.78 Å². The second-order valence-electron chi connectivity index (χ2n) is 4.69. The fourth-order valence-electron chi connectivity index (χ4n) is 2.29. The molecule has 106 valence electrons. The monoisotopic (exact) mass is 287 g/mol. The molecule has 2 atom stereocenters. The quantitative estimate of drug-likeness (QED) is 0.893. The number of nitrogens with one attached hydrogen (secondary N) is 1. The lowest BCUT2D eigenvalue weighted by atomic mass is 10.1. The Morgan fingerprint density at radius 3 is 2.95 bits per heavy atom. The summed E-state index contributed by atoms with van der Waals surface area (Å²) in [5.74, 6) is 1.48. The molecule has 0 saturated carbocycles. The van der Waals surface area contributed by atoms with Gasteiger partial charge in [0.1, 0.15) is 5.75 Å². The maximum Gasteiger partial charge on any atom is 0.387 e. The third-order valence-corrected chi connectivity index (χ3v) is 4.73. The molecular weight excluding hydrogens is 268 g/mol. The van der Waals surface area contributed by atoms with Gasteiger partial charge in [-0.05, 0) is 24.7 Å². The van der Waals surface area contributed by atoms with Gasteiger partial charge in [0.2, 0.25) is 0 Å². The van der Waals surface area contributed by atoms with Crippen LogP contribution in [-0.4, -0.2) is 23.7 Å². The predicted octanol–water partition coefficient (Wildman–Crippen LogP) is 3.66. The van der Waals surface area contributed by atoms with E-state index in [2.05, 4.69) is 17.0 Å². The molecule has 1 aromatic carbocycles. The van der Waals surface area contributed by atoms with Crippen molar-refractivity contribution in [3.05, 3.63) is 29.8 Å². The van der Waals surface area contributed by atoms with E-state index in [1.165, 1.54) is 12.2 Å². The Hall–Kier alpha value is -0.810. The molecule has 2 unspecified atom stereocenters. The van der Waals surface area contributed by atoms with E-state index >= 15 is 0 Å². The molecule has 0 radical (unpaired) electrons. The summed E-state index contributed by atoms with van der Waals surface area (Å²) in [7, 11) is 0. The molecule has 0 spiro atoms. The lowest BCUT2D eigenvalue weighted by molar-refractivity contribution is -0.0505. The number of hydrogen-bond donors (Lipinski definition) is 1. The highest BCUT2D eigenvalue weighted by molar-refractivity contribution is 7.99. The van der Waals surface area contributed by atoms with Gasteiger partial charge in [0.15, 0.2) is 0 Å². The van der Waals surface area contributed by atoms with Gasteiger partial charge in [0.25, 0.3) is 0 Å². The average Bonchev–Trinajstić information content (AvgIpc) is 2.39. The van der Waals surface area contributed by atoms with E-state index in [1.807, 2.05) is 23.9 Å². The molecule has 1 fully saturated rings. The first-order valence-corrected chi connectivity index (χ1v) is 7.59. The number of benzene rings is 1. The van der Waals surface area contributed by atoms with Gasteiger partial charge in [-0.1, -0.05) is 25.1 Å². The normalized spacial score (nSPS) is 23.6. The Kier molecular flexibility index (Phi) is 5.45. The van der Waals surface area contributed by atoms with Gasteiger partial charge < -0.3 is 10.1 Å². The first-order chi connectivity index (χ1) is 9.16. The van der Waals surface area contributed by atoms with E-state index in [0.717, 1.165) is 12.0 Å². The molecule has 1 aliphatic rings. The third kappa shape index (κ3) is 4.35. The molecule has 1 aromatic rings. The predicted molar refractivity (Wildman–Crippen MR) is 74.9 cm³/mol. The minimum atomic E-state index is -2.77. The van der Waals surface area contributed by atoms with E-state index in [1.54, 1.807) is 12.1 Å². The molecule has 2 rings (SSSR count). The number of thioether (sulfide) groups is 1. The van der Waals surface area contributed by atoms with Crippen molar-refractivity contribution in [2.24, 2.45) is 0 Å². The second kappa shape index (κ2) is 7.10. The van der Waals surface area contributed by atoms with Crippen LogP contribution in [0.3, 0.4) is 0 Å². The number of halogens is 2. The third-order valence-electron chi connectivity index (χ3n) is 3.35. The van der Waals surface area contributed by atoms with Crippen LogP contribution in [-0.2, 0) is 6.54 Å². The van der Waals surface area contributed by atoms with E-state index in [4.69, 9.17) is 0 Å². The van der Waals surface area contributed by atoms with Crippen molar-refractivity contribution >= 4 is 11.8 Å². The fourth-order valence-corrected chi connectivity index (χ4v) is 3.46. The van der Waals surface area contributed by atoms with Crippen LogP contribution in [0.25, 0.3) is 0 Å². The lowest BCUT2D eigenvalue weighted by Gasteiger charge is -2.29. The molecule has 1 N–H and O–H groups in total. The van der Waals surface area contributed by atoms with Crippen LogP contribution in [0.4, 0.5) is 8.78 Å². The second-order valence-corrected chi connectivity index (χ2v) is 6.18. The molecule has 19 heavy (non-hydrogen) atoms. The van der Waals surface area contributed by atoms with Crippen molar-refractivity contribution in [1.82, 2.24) is 5.32 Å². The Labute approximate surface area is 116 Å². The Balaban J connectivity index is 1.94. The summed E-state index contributed by atoms with van der Waals surface area (Å²) in [4.78, 5) is 0. The minimum Gasteiger partial charge on any atom is -0.434 e. The van der Waals surface area contributed by atoms with Gasteiger partial charge in [0, 0.05) is 23.4 Å². The molecular formula is C14H19F2NOS. The number of ether oxygens (including phenoxy) is 1. The molecule has 0 aromatic heterocycles. The van der Waals surface area contributed by atoms with Gasteiger partial charge in [-0.2, -0.15) is 20.5 Å². The van der Waals surface area contributed by atoms with E-state index in [-0.39, 0.29) is 5.75 Å². The highest BCUT2D eigenvalue weighted by atomic mass is 32.2. The lowest BCUT2D eigenvalue weighted by Crippen LogP contribution is -2.38. The molecule has 1 aliphatic heterocycles. The summed E-state index contributed by atoms with van der Waals surface area (Å²) >= 11 is 1.96. The summed E-state index contributed by atoms with van der Waals surface area (Å²) in [6, 6.07) is 7.40. The fraction of sp³-hybridized carbons (Fsp3) is 0.571. The Bertz CT molecular complexity index is 403. The van der Waals surface area contributed by atoms with Crippen LogP contribution in [0.1, 0.15) is 25.3 Å². The van der Waals surface area contributed by atoms with Crippen molar-refractivity contribution in [2.75, 3.05) is 5.75 Å². The van der Waals surface area contributed by atoms with E-state index < -0.39 is 6.61 Å². The Morgan fingerprint density at radius 1 is 1.42 bits per heavy atom. The van der Waals surface area contributed by atoms with Crippen molar-refractivity contribution in [3.63, 3.8) is 0 Å². The van der Waals surface area contributed by atoms with Crippen molar-refractivity contribution in [1.29, 1.82) is 0 Å². The van der Waals surface area contributed by atoms with Gasteiger partial charge in [-0.3, -0.25) is 0 Å². The van der Waals surface area contributed by atoms with Crippen molar-refractivity contribution in [3.8, 4) is 5.75 Å². The molecule has 0 amide bonds. The molecule has 2 nitrogen and oxygen atoms in total. The van der Waals surface area contributed by atoms with Gasteiger partial charge in [-0.25, -0.2) is 0 Å². The maximum absolute atomic E-state index is 12.3. The summed E-state index contributed by atoms with van der Waals surface area (Å²) < 4.78 is 29.2. The molecule has 0 bridgehead atoms. The molecule has 5 heteroatoms. The van der Waals surface area contributed by atoms with E-state index in [0.29, 0.717) is 17.8 Å². The van der Waals surface area contributed by atoms with Crippen molar-refractivity contribution in [2.45, 2.75) is 44.2 Å². The standard InChI is InChI=1S/C14H19F2NOS/c1-10-12(6-4-8-19-10)17-9-11-5-2-3-7-13(11)18-14(15)16/h2-3,5,7,10,12,14,17H,4,6,8-9H2,1H3. The average molecular weight is 287 g/mol. The summed E-state index contributed by atoms with van der Waals surface area (Å²) in [5, 5.41) is 4.02. The minimum absolute atomic E-state index is 0.265. The molecule has 1 heterocycles. The molecule has 0 aliphatic carbocycles. The number of hydrogen-bond acceptors (Lipinski definition) is 3. The highest BCUT2D eigenvalue weighted by Crippen LogP contribution is 2.26. The zero-order valence-electron chi connectivity index (χ0n) is 10.9. The maximum atomic E-state index is 12.3. The number of para-hydroxylation sites is 1. The topological polar surface area (TPSA) is 21.3 Å².